The maximum absolute atomic E-state index is 12.1. The third-order valence-corrected chi connectivity index (χ3v) is 6.62. The summed E-state index contributed by atoms with van der Waals surface area (Å²) < 4.78 is 0. The molecule has 2 rings (SSSR count). The molecule has 1 aromatic rings. The fraction of sp³-hybridized carbons (Fsp3) is 0.611. The molecular weight excluding hydrogens is 310 g/mol. The molecule has 0 bridgehead atoms. The molecule has 1 aliphatic rings. The zero-order valence-electron chi connectivity index (χ0n) is 13.4. The van der Waals surface area contributed by atoms with Crippen LogP contribution in [0.1, 0.15) is 44.6 Å². The molecule has 1 aliphatic carbocycles. The van der Waals surface area contributed by atoms with Crippen molar-refractivity contribution in [3.8, 4) is 0 Å². The van der Waals surface area contributed by atoms with Crippen LogP contribution in [-0.4, -0.2) is 28.7 Å². The first-order chi connectivity index (χ1) is 10.8. The molecule has 0 heterocycles. The van der Waals surface area contributed by atoms with Crippen LogP contribution in [0.2, 0.25) is 0 Å². The van der Waals surface area contributed by atoms with Crippen LogP contribution in [0.4, 0.5) is 0 Å². The summed E-state index contributed by atoms with van der Waals surface area (Å²) in [7, 11) is 0. The zero-order chi connectivity index (χ0) is 15.6. The number of carbonyl (C=O) groups is 1. The Bertz CT molecular complexity index is 432. The first-order valence-corrected chi connectivity index (χ1v) is 10.4. The standard InChI is InChI=1S/C18H27NOS2/c1-15(22-14-16-8-4-2-5-9-16)18(20)19-12-13-21-17-10-6-3-7-11-17/h2,4-5,8-9,15,17H,3,6-7,10-14H2,1H3,(H,19,20)/t15-/m1/s1. The van der Waals surface area contributed by atoms with E-state index in [1.807, 2.05) is 36.9 Å². The molecule has 1 N–H and O–H groups in total. The number of rotatable bonds is 8. The van der Waals surface area contributed by atoms with E-state index < -0.39 is 0 Å². The first kappa shape index (κ1) is 17.7. The van der Waals surface area contributed by atoms with Gasteiger partial charge in [0.25, 0.3) is 0 Å². The molecule has 0 radical (unpaired) electrons. The number of amides is 1. The van der Waals surface area contributed by atoms with Crippen molar-refractivity contribution in [2.45, 2.75) is 55.3 Å². The van der Waals surface area contributed by atoms with E-state index in [1.165, 1.54) is 37.7 Å². The summed E-state index contributed by atoms with van der Waals surface area (Å²) in [5.74, 6) is 2.11. The van der Waals surface area contributed by atoms with Crippen molar-refractivity contribution in [1.82, 2.24) is 5.32 Å². The van der Waals surface area contributed by atoms with Crippen LogP contribution in [0.25, 0.3) is 0 Å². The molecule has 0 saturated heterocycles. The minimum Gasteiger partial charge on any atom is -0.354 e. The van der Waals surface area contributed by atoms with Crippen LogP contribution >= 0.6 is 23.5 Å². The summed E-state index contributed by atoms with van der Waals surface area (Å²) in [4.78, 5) is 12.1. The highest BCUT2D eigenvalue weighted by atomic mass is 32.2. The molecule has 22 heavy (non-hydrogen) atoms. The Labute approximate surface area is 143 Å². The topological polar surface area (TPSA) is 29.1 Å². The van der Waals surface area contributed by atoms with E-state index in [0.717, 1.165) is 23.3 Å². The number of thioether (sulfide) groups is 2. The van der Waals surface area contributed by atoms with Crippen LogP contribution in [-0.2, 0) is 10.5 Å². The number of carbonyl (C=O) groups excluding carboxylic acids is 1. The zero-order valence-corrected chi connectivity index (χ0v) is 15.1. The summed E-state index contributed by atoms with van der Waals surface area (Å²) >= 11 is 3.74. The van der Waals surface area contributed by atoms with Gasteiger partial charge in [-0.1, -0.05) is 49.6 Å². The van der Waals surface area contributed by atoms with Gasteiger partial charge in [0.15, 0.2) is 0 Å². The van der Waals surface area contributed by atoms with Gasteiger partial charge in [-0.05, 0) is 25.3 Å². The molecule has 0 unspecified atom stereocenters. The molecule has 1 amide bonds. The van der Waals surface area contributed by atoms with Crippen LogP contribution in [0.15, 0.2) is 30.3 Å². The minimum absolute atomic E-state index is 0.0138. The second-order valence-electron chi connectivity index (χ2n) is 5.86. The lowest BCUT2D eigenvalue weighted by atomic mass is 10.0. The van der Waals surface area contributed by atoms with Crippen molar-refractivity contribution >= 4 is 29.4 Å². The fourth-order valence-electron chi connectivity index (χ4n) is 2.65. The van der Waals surface area contributed by atoms with Crippen LogP contribution in [0.3, 0.4) is 0 Å². The van der Waals surface area contributed by atoms with E-state index in [9.17, 15) is 4.79 Å². The largest absolute Gasteiger partial charge is 0.354 e. The minimum atomic E-state index is 0.0138. The molecule has 0 aromatic heterocycles. The lowest BCUT2D eigenvalue weighted by Gasteiger charge is -2.21. The van der Waals surface area contributed by atoms with Gasteiger partial charge in [-0.15, -0.1) is 11.8 Å². The Hall–Kier alpha value is -0.610. The fourth-order valence-corrected chi connectivity index (χ4v) is 4.74. The highest BCUT2D eigenvalue weighted by Gasteiger charge is 2.15. The number of hydrogen-bond donors (Lipinski definition) is 1. The highest BCUT2D eigenvalue weighted by Crippen LogP contribution is 2.27. The van der Waals surface area contributed by atoms with Gasteiger partial charge in [-0.25, -0.2) is 0 Å². The molecule has 1 atom stereocenters. The average molecular weight is 338 g/mol. The molecule has 1 saturated carbocycles. The third-order valence-electron chi connectivity index (χ3n) is 4.02. The average Bonchev–Trinajstić information content (AvgIpc) is 2.58. The lowest BCUT2D eigenvalue weighted by Crippen LogP contribution is -2.33. The normalized spacial score (nSPS) is 17.1. The van der Waals surface area contributed by atoms with Crippen molar-refractivity contribution in [2.24, 2.45) is 0 Å². The summed E-state index contributed by atoms with van der Waals surface area (Å²) in [5, 5.41) is 3.92. The molecule has 4 heteroatoms. The number of nitrogens with one attached hydrogen (secondary N) is 1. The van der Waals surface area contributed by atoms with Gasteiger partial charge in [0.05, 0.1) is 5.25 Å². The smallest absolute Gasteiger partial charge is 0.232 e. The second-order valence-corrected chi connectivity index (χ2v) is 8.60. The van der Waals surface area contributed by atoms with Gasteiger partial charge in [0, 0.05) is 23.3 Å². The number of hydrogen-bond acceptors (Lipinski definition) is 3. The molecule has 1 aromatic carbocycles. The van der Waals surface area contributed by atoms with Crippen molar-refractivity contribution in [3.63, 3.8) is 0 Å². The number of benzene rings is 1. The van der Waals surface area contributed by atoms with Crippen LogP contribution in [0.5, 0.6) is 0 Å². The van der Waals surface area contributed by atoms with Crippen molar-refractivity contribution in [1.29, 1.82) is 0 Å². The summed E-state index contributed by atoms with van der Waals surface area (Å²) in [6.45, 7) is 2.80. The Balaban J connectivity index is 1.56. The van der Waals surface area contributed by atoms with Crippen LogP contribution < -0.4 is 5.32 Å². The van der Waals surface area contributed by atoms with Gasteiger partial charge in [-0.2, -0.15) is 11.8 Å². The van der Waals surface area contributed by atoms with E-state index >= 15 is 0 Å². The van der Waals surface area contributed by atoms with Crippen molar-refractivity contribution < 1.29 is 4.79 Å². The second kappa shape index (κ2) is 10.2. The maximum atomic E-state index is 12.1. The Morgan fingerprint density at radius 1 is 1.23 bits per heavy atom. The van der Waals surface area contributed by atoms with Gasteiger partial charge in [0.1, 0.15) is 0 Å². The predicted octanol–water partition coefficient (Wildman–Crippen LogP) is 4.49. The molecule has 1 fully saturated rings. The Morgan fingerprint density at radius 2 is 1.95 bits per heavy atom. The van der Waals surface area contributed by atoms with Gasteiger partial charge in [0.2, 0.25) is 5.91 Å². The Morgan fingerprint density at radius 3 is 2.68 bits per heavy atom. The van der Waals surface area contributed by atoms with Gasteiger partial charge >= 0.3 is 0 Å². The van der Waals surface area contributed by atoms with E-state index in [1.54, 1.807) is 11.8 Å². The third kappa shape index (κ3) is 6.66. The van der Waals surface area contributed by atoms with Crippen molar-refractivity contribution in [3.05, 3.63) is 35.9 Å². The van der Waals surface area contributed by atoms with Crippen LogP contribution in [0, 0.1) is 0 Å². The molecule has 0 spiro atoms. The van der Waals surface area contributed by atoms with E-state index in [2.05, 4.69) is 17.4 Å². The monoisotopic (exact) mass is 337 g/mol. The molecule has 2 nitrogen and oxygen atoms in total. The quantitative estimate of drug-likeness (QED) is 0.709. The van der Waals surface area contributed by atoms with Gasteiger partial charge in [-0.3, -0.25) is 4.79 Å². The Kier molecular flexibility index (Phi) is 8.24. The van der Waals surface area contributed by atoms with Crippen molar-refractivity contribution in [2.75, 3.05) is 12.3 Å². The van der Waals surface area contributed by atoms with Gasteiger partial charge < -0.3 is 5.32 Å². The summed E-state index contributed by atoms with van der Waals surface area (Å²) in [6.07, 6.45) is 6.90. The van der Waals surface area contributed by atoms with E-state index in [4.69, 9.17) is 0 Å². The lowest BCUT2D eigenvalue weighted by molar-refractivity contribution is -0.120. The summed E-state index contributed by atoms with van der Waals surface area (Å²) in [6, 6.07) is 10.3. The molecule has 0 aliphatic heterocycles. The predicted molar refractivity (Wildman–Crippen MR) is 99.5 cm³/mol. The summed E-state index contributed by atoms with van der Waals surface area (Å²) in [5.41, 5.74) is 1.28. The first-order valence-electron chi connectivity index (χ1n) is 8.30. The highest BCUT2D eigenvalue weighted by molar-refractivity contribution is 8.00. The SMILES string of the molecule is C[C@@H](SCc1ccccc1)C(=O)NCCSC1CCCCC1. The maximum Gasteiger partial charge on any atom is 0.232 e. The molecular formula is C18H27NOS2. The van der Waals surface area contributed by atoms with E-state index in [-0.39, 0.29) is 11.2 Å². The molecule has 122 valence electrons. The van der Waals surface area contributed by atoms with E-state index in [0.29, 0.717) is 0 Å².